The summed E-state index contributed by atoms with van der Waals surface area (Å²) in [6, 6.07) is 4.91. The summed E-state index contributed by atoms with van der Waals surface area (Å²) in [5.74, 6) is 0.484. The third-order valence-corrected chi connectivity index (χ3v) is 7.44. The third-order valence-electron chi connectivity index (χ3n) is 4.28. The van der Waals surface area contributed by atoms with Gasteiger partial charge in [0.05, 0.1) is 16.5 Å². The summed E-state index contributed by atoms with van der Waals surface area (Å²) in [6.07, 6.45) is 4.35. The molecule has 0 aliphatic carbocycles. The Balaban J connectivity index is 2.04. The predicted molar refractivity (Wildman–Crippen MR) is 108 cm³/mol. The van der Waals surface area contributed by atoms with Crippen molar-refractivity contribution >= 4 is 60.8 Å². The van der Waals surface area contributed by atoms with E-state index in [1.54, 1.807) is 11.8 Å². The van der Waals surface area contributed by atoms with Crippen LogP contribution >= 0.6 is 34.7 Å². The van der Waals surface area contributed by atoms with Crippen molar-refractivity contribution in [3.05, 3.63) is 28.0 Å². The zero-order valence-electron chi connectivity index (χ0n) is 14.5. The molecule has 1 unspecified atom stereocenters. The van der Waals surface area contributed by atoms with Gasteiger partial charge in [0.15, 0.2) is 4.80 Å². The van der Waals surface area contributed by atoms with Gasteiger partial charge in [-0.1, -0.05) is 22.9 Å². The molecular weight excluding hydrogens is 414 g/mol. The fourth-order valence-corrected chi connectivity index (χ4v) is 5.91. The zero-order chi connectivity index (χ0) is 18.9. The molecule has 1 aliphatic rings. The first kappa shape index (κ1) is 19.9. The van der Waals surface area contributed by atoms with Crippen LogP contribution in [0.5, 0.6) is 0 Å². The van der Waals surface area contributed by atoms with Gasteiger partial charge >= 0.3 is 0 Å². The van der Waals surface area contributed by atoms with Crippen molar-refractivity contribution in [3.8, 4) is 0 Å². The maximum absolute atomic E-state index is 12.7. The summed E-state index contributed by atoms with van der Waals surface area (Å²) in [4.78, 5) is 17.6. The van der Waals surface area contributed by atoms with E-state index in [0.717, 1.165) is 28.8 Å². The second kappa shape index (κ2) is 8.02. The van der Waals surface area contributed by atoms with Gasteiger partial charge < -0.3 is 4.57 Å². The molecule has 0 spiro atoms. The average Bonchev–Trinajstić information content (AvgIpc) is 3.17. The molecule has 26 heavy (non-hydrogen) atoms. The molecule has 0 radical (unpaired) electrons. The number of amides is 1. The van der Waals surface area contributed by atoms with E-state index in [1.165, 1.54) is 15.6 Å². The molecule has 6 nitrogen and oxygen atoms in total. The van der Waals surface area contributed by atoms with E-state index in [9.17, 15) is 13.2 Å². The topological polar surface area (TPSA) is 71.7 Å². The van der Waals surface area contributed by atoms with Gasteiger partial charge in [0.1, 0.15) is 6.04 Å². The van der Waals surface area contributed by atoms with E-state index < -0.39 is 22.0 Å². The Morgan fingerprint density at radius 1 is 1.46 bits per heavy atom. The minimum Gasteiger partial charge on any atom is -0.316 e. The molecule has 1 amide bonds. The predicted octanol–water partition coefficient (Wildman–Crippen LogP) is 2.57. The van der Waals surface area contributed by atoms with Gasteiger partial charge in [0.2, 0.25) is 10.0 Å². The van der Waals surface area contributed by atoms with Crippen molar-refractivity contribution in [3.63, 3.8) is 0 Å². The quantitative estimate of drug-likeness (QED) is 0.726. The third kappa shape index (κ3) is 4.17. The minimum atomic E-state index is -3.42. The highest BCUT2D eigenvalue weighted by molar-refractivity contribution is 7.98. The second-order valence-corrected chi connectivity index (χ2v) is 10.5. The van der Waals surface area contributed by atoms with E-state index in [2.05, 4.69) is 4.99 Å². The van der Waals surface area contributed by atoms with Crippen LogP contribution in [-0.2, 0) is 21.4 Å². The Hall–Kier alpha value is -0.870. The number of sulfonamides is 1. The number of aromatic nitrogens is 1. The number of thioether (sulfide) groups is 1. The molecule has 1 fully saturated rings. The highest BCUT2D eigenvalue weighted by Gasteiger charge is 2.36. The van der Waals surface area contributed by atoms with E-state index >= 15 is 0 Å². The van der Waals surface area contributed by atoms with Crippen molar-refractivity contribution in [2.45, 2.75) is 25.4 Å². The Labute approximate surface area is 165 Å². The number of fused-ring (bicyclic) bond motifs is 1. The second-order valence-electron chi connectivity index (χ2n) is 6.12. The van der Waals surface area contributed by atoms with E-state index in [0.29, 0.717) is 29.2 Å². The first-order chi connectivity index (χ1) is 12.3. The number of hydrogen-bond acceptors (Lipinski definition) is 5. The number of rotatable bonds is 5. The SMILES string of the molecule is CSCCn1c(=NC(=O)C2CCCN2S(C)(=O)=O)sc2cc(Cl)ccc21. The first-order valence-corrected chi connectivity index (χ1v) is 12.6. The van der Waals surface area contributed by atoms with Crippen molar-refractivity contribution < 1.29 is 13.2 Å². The number of thiazole rings is 1. The summed E-state index contributed by atoms with van der Waals surface area (Å²) >= 11 is 9.20. The lowest BCUT2D eigenvalue weighted by molar-refractivity contribution is -0.121. The largest absolute Gasteiger partial charge is 0.316 e. The lowest BCUT2D eigenvalue weighted by atomic mass is 10.2. The maximum Gasteiger partial charge on any atom is 0.266 e. The van der Waals surface area contributed by atoms with Gasteiger partial charge in [0.25, 0.3) is 5.91 Å². The van der Waals surface area contributed by atoms with Crippen LogP contribution in [0, 0.1) is 0 Å². The smallest absolute Gasteiger partial charge is 0.266 e. The molecule has 2 aromatic rings. The van der Waals surface area contributed by atoms with Crippen LogP contribution in [0.4, 0.5) is 0 Å². The molecule has 0 N–H and O–H groups in total. The van der Waals surface area contributed by atoms with E-state index in [1.807, 2.05) is 29.0 Å². The summed E-state index contributed by atoms with van der Waals surface area (Å²) in [6.45, 7) is 1.09. The van der Waals surface area contributed by atoms with Crippen LogP contribution in [-0.4, -0.2) is 54.0 Å². The van der Waals surface area contributed by atoms with Gasteiger partial charge in [-0.3, -0.25) is 4.79 Å². The monoisotopic (exact) mass is 433 g/mol. The normalized spacial score (nSPS) is 19.5. The lowest BCUT2D eigenvalue weighted by Crippen LogP contribution is -2.40. The number of aryl methyl sites for hydroxylation is 1. The van der Waals surface area contributed by atoms with Crippen molar-refractivity contribution in [1.29, 1.82) is 0 Å². The Kier molecular flexibility index (Phi) is 6.13. The highest BCUT2D eigenvalue weighted by Crippen LogP contribution is 2.24. The van der Waals surface area contributed by atoms with Crippen LogP contribution in [0.15, 0.2) is 23.2 Å². The molecule has 0 saturated carbocycles. The van der Waals surface area contributed by atoms with Gasteiger partial charge in [-0.05, 0) is 37.3 Å². The molecule has 2 heterocycles. The van der Waals surface area contributed by atoms with Crippen molar-refractivity contribution in [2.75, 3.05) is 24.8 Å². The molecule has 1 aromatic carbocycles. The number of carbonyl (C=O) groups excluding carboxylic acids is 1. The average molecular weight is 434 g/mol. The summed E-state index contributed by atoms with van der Waals surface area (Å²) < 4.78 is 28.0. The fraction of sp³-hybridized carbons (Fsp3) is 0.500. The van der Waals surface area contributed by atoms with Gasteiger partial charge in [-0.2, -0.15) is 21.1 Å². The molecule has 1 aromatic heterocycles. The number of benzene rings is 1. The molecule has 10 heteroatoms. The lowest BCUT2D eigenvalue weighted by Gasteiger charge is -2.18. The van der Waals surface area contributed by atoms with Gasteiger partial charge in [-0.15, -0.1) is 0 Å². The number of nitrogens with zero attached hydrogens (tertiary/aromatic N) is 3. The number of hydrogen-bond donors (Lipinski definition) is 0. The molecule has 1 saturated heterocycles. The summed E-state index contributed by atoms with van der Waals surface area (Å²) in [7, 11) is -3.42. The van der Waals surface area contributed by atoms with Crippen molar-refractivity contribution in [1.82, 2.24) is 8.87 Å². The first-order valence-electron chi connectivity index (χ1n) is 8.14. The Morgan fingerprint density at radius 2 is 2.23 bits per heavy atom. The van der Waals surface area contributed by atoms with Gasteiger partial charge in [0, 0.05) is 23.9 Å². The zero-order valence-corrected chi connectivity index (χ0v) is 17.7. The Bertz CT molecular complexity index is 997. The number of halogens is 1. The van der Waals surface area contributed by atoms with Crippen LogP contribution in [0.3, 0.4) is 0 Å². The van der Waals surface area contributed by atoms with Crippen LogP contribution in [0.2, 0.25) is 5.02 Å². The van der Waals surface area contributed by atoms with Crippen LogP contribution in [0.25, 0.3) is 10.2 Å². The highest BCUT2D eigenvalue weighted by atomic mass is 35.5. The Morgan fingerprint density at radius 3 is 2.92 bits per heavy atom. The summed E-state index contributed by atoms with van der Waals surface area (Å²) in [5, 5.41) is 0.632. The standard InChI is InChI=1S/C16H20ClN3O3S3/c1-24-9-8-19-12-6-5-11(17)10-14(12)25-16(19)18-15(21)13-4-3-7-20(13)26(2,22)23/h5-6,10,13H,3-4,7-9H2,1-2H3. The molecular formula is C16H20ClN3O3S3. The summed E-state index contributed by atoms with van der Waals surface area (Å²) in [5.41, 5.74) is 0.978. The fourth-order valence-electron chi connectivity index (χ4n) is 3.08. The van der Waals surface area contributed by atoms with Crippen LogP contribution < -0.4 is 4.80 Å². The molecule has 1 atom stereocenters. The molecule has 142 valence electrons. The van der Waals surface area contributed by atoms with Crippen molar-refractivity contribution in [2.24, 2.45) is 4.99 Å². The minimum absolute atomic E-state index is 0.374. The molecule has 3 rings (SSSR count). The number of carbonyl (C=O) groups is 1. The van der Waals surface area contributed by atoms with Gasteiger partial charge in [-0.25, -0.2) is 8.42 Å². The van der Waals surface area contributed by atoms with E-state index in [-0.39, 0.29) is 0 Å². The molecule has 0 bridgehead atoms. The van der Waals surface area contributed by atoms with Crippen LogP contribution in [0.1, 0.15) is 12.8 Å². The van der Waals surface area contributed by atoms with E-state index in [4.69, 9.17) is 11.6 Å². The maximum atomic E-state index is 12.7. The molecule has 1 aliphatic heterocycles.